The number of aromatic carboxylic acids is 1. The van der Waals surface area contributed by atoms with Gasteiger partial charge in [-0.3, -0.25) is 0 Å². The van der Waals surface area contributed by atoms with Gasteiger partial charge in [0.1, 0.15) is 5.15 Å². The first-order valence-electron chi connectivity index (χ1n) is 4.33. The molecule has 0 saturated carbocycles. The maximum Gasteiger partial charge on any atom is 0.338 e. The summed E-state index contributed by atoms with van der Waals surface area (Å²) in [6.07, 6.45) is 0. The van der Waals surface area contributed by atoms with Gasteiger partial charge in [-0.05, 0) is 6.07 Å². The Bertz CT molecular complexity index is 411. The van der Waals surface area contributed by atoms with Gasteiger partial charge in [0.15, 0.2) is 0 Å². The number of carboxylic acids is 1. The molecule has 0 aromatic carbocycles. The van der Waals surface area contributed by atoms with Crippen molar-refractivity contribution in [3.63, 3.8) is 0 Å². The van der Waals surface area contributed by atoms with Gasteiger partial charge in [0.2, 0.25) is 0 Å². The quantitative estimate of drug-likeness (QED) is 0.775. The molecule has 1 aromatic heterocycles. The molecule has 1 rings (SSSR count). The first-order valence-corrected chi connectivity index (χ1v) is 5.09. The number of rotatable bonds is 1. The molecule has 0 aliphatic heterocycles. The van der Waals surface area contributed by atoms with Crippen molar-refractivity contribution in [3.8, 4) is 0 Å². The minimum Gasteiger partial charge on any atom is -0.478 e. The van der Waals surface area contributed by atoms with E-state index >= 15 is 0 Å². The summed E-state index contributed by atoms with van der Waals surface area (Å²) in [7, 11) is 0. The molecule has 0 bridgehead atoms. The van der Waals surface area contributed by atoms with Gasteiger partial charge in [-0.25, -0.2) is 9.78 Å². The van der Waals surface area contributed by atoms with Gasteiger partial charge in [0.25, 0.3) is 0 Å². The fraction of sp³-hybridized carbons (Fsp3) is 0.400. The van der Waals surface area contributed by atoms with Gasteiger partial charge < -0.3 is 5.11 Å². The van der Waals surface area contributed by atoms with Gasteiger partial charge in [0.05, 0.1) is 16.3 Å². The summed E-state index contributed by atoms with van der Waals surface area (Å²) in [5.41, 5.74) is 0.256. The highest BCUT2D eigenvalue weighted by molar-refractivity contribution is 6.34. The van der Waals surface area contributed by atoms with Crippen LogP contribution in [0.3, 0.4) is 0 Å². The zero-order valence-corrected chi connectivity index (χ0v) is 10.1. The average molecular weight is 248 g/mol. The Kier molecular flexibility index (Phi) is 3.26. The van der Waals surface area contributed by atoms with E-state index < -0.39 is 5.97 Å². The summed E-state index contributed by atoms with van der Waals surface area (Å²) in [6, 6.07) is 1.33. The Morgan fingerprint density at radius 2 is 1.93 bits per heavy atom. The number of hydrogen-bond donors (Lipinski definition) is 1. The number of pyridine rings is 1. The fourth-order valence-electron chi connectivity index (χ4n) is 1.14. The smallest absolute Gasteiger partial charge is 0.338 e. The summed E-state index contributed by atoms with van der Waals surface area (Å²) in [5, 5.41) is 9.09. The van der Waals surface area contributed by atoms with Crippen molar-refractivity contribution >= 4 is 29.2 Å². The Morgan fingerprint density at radius 1 is 1.40 bits per heavy atom. The molecule has 0 amide bonds. The average Bonchev–Trinajstić information content (AvgIpc) is 2.06. The summed E-state index contributed by atoms with van der Waals surface area (Å²) in [5.74, 6) is -1.13. The van der Waals surface area contributed by atoms with E-state index in [9.17, 15) is 4.79 Å². The van der Waals surface area contributed by atoms with Crippen LogP contribution in [0.1, 0.15) is 36.8 Å². The van der Waals surface area contributed by atoms with E-state index in [1.807, 2.05) is 20.8 Å². The van der Waals surface area contributed by atoms with Crippen LogP contribution >= 0.6 is 23.2 Å². The van der Waals surface area contributed by atoms with E-state index in [0.717, 1.165) is 0 Å². The second-order valence-corrected chi connectivity index (χ2v) is 4.98. The van der Waals surface area contributed by atoms with E-state index in [4.69, 9.17) is 28.3 Å². The fourth-order valence-corrected chi connectivity index (χ4v) is 1.80. The van der Waals surface area contributed by atoms with Crippen LogP contribution in [0.2, 0.25) is 10.2 Å². The molecular formula is C10H11Cl2NO2. The number of hydrogen-bond acceptors (Lipinski definition) is 2. The van der Waals surface area contributed by atoms with E-state index in [1.165, 1.54) is 6.07 Å². The van der Waals surface area contributed by atoms with Crippen LogP contribution in [0, 0.1) is 0 Å². The second-order valence-electron chi connectivity index (χ2n) is 4.21. The van der Waals surface area contributed by atoms with Crippen molar-refractivity contribution in [2.24, 2.45) is 0 Å². The highest BCUT2D eigenvalue weighted by atomic mass is 35.5. The molecule has 5 heteroatoms. The Hall–Kier alpha value is -0.800. The Labute approximate surface area is 98.0 Å². The molecule has 0 aliphatic carbocycles. The van der Waals surface area contributed by atoms with Crippen molar-refractivity contribution in [2.45, 2.75) is 26.2 Å². The summed E-state index contributed by atoms with van der Waals surface area (Å²) in [6.45, 7) is 5.79. The van der Waals surface area contributed by atoms with Crippen molar-refractivity contribution in [1.82, 2.24) is 4.98 Å². The van der Waals surface area contributed by atoms with Crippen LogP contribution in [0.5, 0.6) is 0 Å². The van der Waals surface area contributed by atoms with Gasteiger partial charge in [-0.15, -0.1) is 0 Å². The molecule has 0 aliphatic rings. The lowest BCUT2D eigenvalue weighted by Crippen LogP contribution is -2.15. The van der Waals surface area contributed by atoms with Crippen LogP contribution < -0.4 is 0 Å². The zero-order valence-electron chi connectivity index (χ0n) is 8.64. The predicted molar refractivity (Wildman–Crippen MR) is 59.9 cm³/mol. The lowest BCUT2D eigenvalue weighted by atomic mass is 9.91. The minimum absolute atomic E-state index is 0.0307. The van der Waals surface area contributed by atoms with Crippen LogP contribution in [0.25, 0.3) is 0 Å². The summed E-state index contributed by atoms with van der Waals surface area (Å²) < 4.78 is 0. The van der Waals surface area contributed by atoms with E-state index in [-0.39, 0.29) is 16.1 Å². The number of halogens is 2. The first-order chi connectivity index (χ1) is 6.73. The predicted octanol–water partition coefficient (Wildman–Crippen LogP) is 3.38. The maximum atomic E-state index is 10.8. The normalized spacial score (nSPS) is 11.5. The maximum absolute atomic E-state index is 10.8. The third-order valence-corrected chi connectivity index (χ3v) is 2.45. The van der Waals surface area contributed by atoms with Gasteiger partial charge in [-0.2, -0.15) is 0 Å². The molecule has 82 valence electrons. The highest BCUT2D eigenvalue weighted by Gasteiger charge is 2.22. The number of carboxylic acid groups (broad SMARTS) is 1. The first kappa shape index (κ1) is 12.3. The third kappa shape index (κ3) is 2.61. The molecule has 1 heterocycles. The van der Waals surface area contributed by atoms with Crippen LogP contribution in [0.4, 0.5) is 0 Å². The van der Waals surface area contributed by atoms with Crippen molar-refractivity contribution in [1.29, 1.82) is 0 Å². The van der Waals surface area contributed by atoms with Crippen LogP contribution in [-0.2, 0) is 5.41 Å². The highest BCUT2D eigenvalue weighted by Crippen LogP contribution is 2.30. The topological polar surface area (TPSA) is 50.2 Å². The molecule has 0 atom stereocenters. The lowest BCUT2D eigenvalue weighted by Gasteiger charge is -2.19. The standard InChI is InChI=1S/C10H11Cl2NO2/c1-10(2,3)7-6(11)4-5(9(14)15)8(12)13-7/h4H,1-3H3,(H,14,15). The van der Waals surface area contributed by atoms with Crippen LogP contribution in [-0.4, -0.2) is 16.1 Å². The zero-order chi connectivity index (χ0) is 11.8. The summed E-state index contributed by atoms with van der Waals surface area (Å²) in [4.78, 5) is 14.8. The molecule has 0 unspecified atom stereocenters. The SMILES string of the molecule is CC(C)(C)c1nc(Cl)c(C(=O)O)cc1Cl. The van der Waals surface area contributed by atoms with Crippen molar-refractivity contribution in [3.05, 3.63) is 27.5 Å². The largest absolute Gasteiger partial charge is 0.478 e. The van der Waals surface area contributed by atoms with Crippen molar-refractivity contribution in [2.75, 3.05) is 0 Å². The molecule has 1 aromatic rings. The molecule has 3 nitrogen and oxygen atoms in total. The monoisotopic (exact) mass is 247 g/mol. The molecule has 1 N–H and O–H groups in total. The van der Waals surface area contributed by atoms with Gasteiger partial charge in [0, 0.05) is 5.41 Å². The third-order valence-electron chi connectivity index (χ3n) is 1.87. The Morgan fingerprint density at radius 3 is 2.33 bits per heavy atom. The molecule has 0 spiro atoms. The van der Waals surface area contributed by atoms with Gasteiger partial charge in [-0.1, -0.05) is 44.0 Å². The summed E-state index contributed by atoms with van der Waals surface area (Å²) >= 11 is 11.7. The molecule has 0 fully saturated rings. The lowest BCUT2D eigenvalue weighted by molar-refractivity contribution is 0.0696. The van der Waals surface area contributed by atoms with E-state index in [1.54, 1.807) is 0 Å². The number of carbonyl (C=O) groups is 1. The van der Waals surface area contributed by atoms with E-state index in [2.05, 4.69) is 4.98 Å². The minimum atomic E-state index is -1.13. The number of nitrogens with zero attached hydrogens (tertiary/aromatic N) is 1. The van der Waals surface area contributed by atoms with Crippen molar-refractivity contribution < 1.29 is 9.90 Å². The van der Waals surface area contributed by atoms with Gasteiger partial charge >= 0.3 is 5.97 Å². The number of aromatic nitrogens is 1. The molecule has 0 radical (unpaired) electrons. The Balaban J connectivity index is 3.39. The second kappa shape index (κ2) is 3.99. The molecular weight excluding hydrogens is 237 g/mol. The molecule has 0 saturated heterocycles. The molecule has 15 heavy (non-hydrogen) atoms. The van der Waals surface area contributed by atoms with Crippen LogP contribution in [0.15, 0.2) is 6.07 Å². The van der Waals surface area contributed by atoms with E-state index in [0.29, 0.717) is 10.7 Å².